The molecule has 0 radical (unpaired) electrons. The van der Waals surface area contributed by atoms with E-state index in [1.807, 2.05) is 0 Å². The summed E-state index contributed by atoms with van der Waals surface area (Å²) in [5.74, 6) is -0.239. The van der Waals surface area contributed by atoms with Crippen molar-refractivity contribution in [2.24, 2.45) is 0 Å². The predicted octanol–water partition coefficient (Wildman–Crippen LogP) is 4.74. The van der Waals surface area contributed by atoms with Crippen molar-refractivity contribution in [2.45, 2.75) is 18.0 Å². The summed E-state index contributed by atoms with van der Waals surface area (Å²) in [6, 6.07) is 13.2. The molecule has 2 rings (SSSR count). The minimum absolute atomic E-state index is 0.188. The fraction of sp³-hybridized carbons (Fsp3) is 0.188. The summed E-state index contributed by atoms with van der Waals surface area (Å²) in [6.07, 6.45) is -4.17. The summed E-state index contributed by atoms with van der Waals surface area (Å²) in [5.41, 5.74) is 0.364. The van der Waals surface area contributed by atoms with E-state index in [1.165, 1.54) is 12.1 Å². The van der Waals surface area contributed by atoms with Gasteiger partial charge in [0.1, 0.15) is 5.38 Å². The second-order valence-corrected chi connectivity index (χ2v) is 5.12. The molecule has 1 unspecified atom stereocenters. The molecule has 110 valence electrons. The highest BCUT2D eigenvalue weighted by atomic mass is 35.5. The van der Waals surface area contributed by atoms with Gasteiger partial charge in [0.25, 0.3) is 0 Å². The van der Waals surface area contributed by atoms with Crippen molar-refractivity contribution in [3.63, 3.8) is 0 Å². The minimum Gasteiger partial charge on any atom is -0.292 e. The second kappa shape index (κ2) is 6.31. The van der Waals surface area contributed by atoms with E-state index in [9.17, 15) is 18.0 Å². The van der Waals surface area contributed by atoms with Crippen LogP contribution in [-0.2, 0) is 12.6 Å². The predicted molar refractivity (Wildman–Crippen MR) is 75.6 cm³/mol. The minimum atomic E-state index is -4.36. The normalized spacial score (nSPS) is 13.0. The lowest BCUT2D eigenvalue weighted by atomic mass is 10.0. The summed E-state index contributed by atoms with van der Waals surface area (Å²) >= 11 is 6.06. The third kappa shape index (κ3) is 4.08. The van der Waals surface area contributed by atoms with Crippen LogP contribution >= 0.6 is 11.6 Å². The Labute approximate surface area is 125 Å². The first kappa shape index (κ1) is 15.6. The summed E-state index contributed by atoms with van der Waals surface area (Å²) in [6.45, 7) is 0. The maximum absolute atomic E-state index is 12.5. The van der Waals surface area contributed by atoms with Crippen molar-refractivity contribution in [3.05, 3.63) is 71.3 Å². The van der Waals surface area contributed by atoms with Crippen LogP contribution < -0.4 is 0 Å². The number of ketones is 1. The fourth-order valence-electron chi connectivity index (χ4n) is 1.91. The molecular weight excluding hydrogens is 301 g/mol. The first-order valence-electron chi connectivity index (χ1n) is 6.27. The molecule has 21 heavy (non-hydrogen) atoms. The van der Waals surface area contributed by atoms with Gasteiger partial charge < -0.3 is 0 Å². The molecule has 0 aliphatic rings. The van der Waals surface area contributed by atoms with Gasteiger partial charge >= 0.3 is 6.18 Å². The van der Waals surface area contributed by atoms with E-state index in [4.69, 9.17) is 11.6 Å². The quantitative estimate of drug-likeness (QED) is 0.589. The maximum Gasteiger partial charge on any atom is 0.416 e. The topological polar surface area (TPSA) is 17.1 Å². The molecule has 0 N–H and O–H groups in total. The van der Waals surface area contributed by atoms with Crippen molar-refractivity contribution in [3.8, 4) is 0 Å². The Kier molecular flexibility index (Phi) is 4.68. The SMILES string of the molecule is O=C(c1ccccc1)C(Cl)Cc1ccc(C(F)(F)F)cc1. The lowest BCUT2D eigenvalue weighted by Gasteiger charge is -2.10. The zero-order valence-electron chi connectivity index (χ0n) is 10.9. The van der Waals surface area contributed by atoms with Crippen LogP contribution in [0, 0.1) is 0 Å². The number of hydrogen-bond acceptors (Lipinski definition) is 1. The monoisotopic (exact) mass is 312 g/mol. The van der Waals surface area contributed by atoms with Gasteiger partial charge in [-0.1, -0.05) is 42.5 Å². The number of alkyl halides is 4. The molecule has 0 fully saturated rings. The number of Topliss-reactive ketones (excluding diaryl/α,β-unsaturated/α-hetero) is 1. The van der Waals surface area contributed by atoms with Gasteiger partial charge in [0.2, 0.25) is 0 Å². The van der Waals surface area contributed by atoms with Gasteiger partial charge in [0.05, 0.1) is 5.56 Å². The highest BCUT2D eigenvalue weighted by Gasteiger charge is 2.30. The Balaban J connectivity index is 2.06. The van der Waals surface area contributed by atoms with Crippen LogP contribution in [0.25, 0.3) is 0 Å². The maximum atomic E-state index is 12.5. The molecule has 1 nitrogen and oxygen atoms in total. The molecule has 0 heterocycles. The van der Waals surface area contributed by atoms with Crippen molar-refractivity contribution >= 4 is 17.4 Å². The molecule has 0 aromatic heterocycles. The van der Waals surface area contributed by atoms with Crippen LogP contribution in [0.3, 0.4) is 0 Å². The van der Waals surface area contributed by atoms with E-state index in [0.717, 1.165) is 12.1 Å². The Morgan fingerprint density at radius 2 is 1.57 bits per heavy atom. The molecule has 0 spiro atoms. The summed E-state index contributed by atoms with van der Waals surface area (Å²) in [7, 11) is 0. The molecule has 0 saturated heterocycles. The van der Waals surface area contributed by atoms with E-state index in [-0.39, 0.29) is 12.2 Å². The molecule has 0 bridgehead atoms. The Hall–Kier alpha value is -1.81. The van der Waals surface area contributed by atoms with Crippen LogP contribution in [-0.4, -0.2) is 11.2 Å². The number of benzene rings is 2. The van der Waals surface area contributed by atoms with Gasteiger partial charge in [0.15, 0.2) is 5.78 Å². The van der Waals surface area contributed by atoms with E-state index in [1.54, 1.807) is 30.3 Å². The van der Waals surface area contributed by atoms with Gasteiger partial charge in [-0.15, -0.1) is 11.6 Å². The molecule has 0 saturated carbocycles. The van der Waals surface area contributed by atoms with Crippen LogP contribution in [0.15, 0.2) is 54.6 Å². The van der Waals surface area contributed by atoms with Crippen LogP contribution in [0.1, 0.15) is 21.5 Å². The van der Waals surface area contributed by atoms with Crippen molar-refractivity contribution in [1.82, 2.24) is 0 Å². The molecule has 2 aromatic rings. The third-order valence-electron chi connectivity index (χ3n) is 3.04. The molecule has 0 aliphatic carbocycles. The van der Waals surface area contributed by atoms with Gasteiger partial charge in [0, 0.05) is 5.56 Å². The number of halogens is 4. The largest absolute Gasteiger partial charge is 0.416 e. The Morgan fingerprint density at radius 1 is 1.00 bits per heavy atom. The summed E-state index contributed by atoms with van der Waals surface area (Å²) in [5, 5.41) is -0.802. The summed E-state index contributed by atoms with van der Waals surface area (Å²) in [4.78, 5) is 12.1. The first-order valence-corrected chi connectivity index (χ1v) is 6.71. The van der Waals surface area contributed by atoms with Gasteiger partial charge in [-0.05, 0) is 24.1 Å². The fourth-order valence-corrected chi connectivity index (χ4v) is 2.22. The van der Waals surface area contributed by atoms with Crippen molar-refractivity contribution in [1.29, 1.82) is 0 Å². The van der Waals surface area contributed by atoms with Gasteiger partial charge in [-0.3, -0.25) is 4.79 Å². The van der Waals surface area contributed by atoms with E-state index >= 15 is 0 Å². The number of carbonyl (C=O) groups excluding carboxylic acids is 1. The third-order valence-corrected chi connectivity index (χ3v) is 3.39. The van der Waals surface area contributed by atoms with E-state index in [0.29, 0.717) is 11.1 Å². The van der Waals surface area contributed by atoms with Crippen molar-refractivity contribution in [2.75, 3.05) is 0 Å². The van der Waals surface area contributed by atoms with Crippen LogP contribution in [0.2, 0.25) is 0 Å². The Bertz CT molecular complexity index is 606. The first-order chi connectivity index (χ1) is 9.88. The zero-order chi connectivity index (χ0) is 15.5. The van der Waals surface area contributed by atoms with Gasteiger partial charge in [-0.25, -0.2) is 0 Å². The average molecular weight is 313 g/mol. The van der Waals surface area contributed by atoms with Crippen molar-refractivity contribution < 1.29 is 18.0 Å². The molecule has 5 heteroatoms. The van der Waals surface area contributed by atoms with Crippen LogP contribution in [0.4, 0.5) is 13.2 Å². The number of carbonyl (C=O) groups is 1. The number of hydrogen-bond donors (Lipinski definition) is 0. The lowest BCUT2D eigenvalue weighted by Crippen LogP contribution is -2.17. The van der Waals surface area contributed by atoms with Gasteiger partial charge in [-0.2, -0.15) is 13.2 Å². The molecule has 0 amide bonds. The van der Waals surface area contributed by atoms with E-state index < -0.39 is 17.1 Å². The average Bonchev–Trinajstić information content (AvgIpc) is 2.47. The van der Waals surface area contributed by atoms with Crippen LogP contribution in [0.5, 0.6) is 0 Å². The highest BCUT2D eigenvalue weighted by Crippen LogP contribution is 2.29. The second-order valence-electron chi connectivity index (χ2n) is 4.60. The standard InChI is InChI=1S/C16H12ClF3O/c17-14(15(21)12-4-2-1-3-5-12)10-11-6-8-13(9-7-11)16(18,19)20/h1-9,14H,10H2. The highest BCUT2D eigenvalue weighted by molar-refractivity contribution is 6.34. The molecule has 1 atom stereocenters. The summed E-state index contributed by atoms with van der Waals surface area (Å²) < 4.78 is 37.4. The smallest absolute Gasteiger partial charge is 0.292 e. The van der Waals surface area contributed by atoms with E-state index in [2.05, 4.69) is 0 Å². The number of rotatable bonds is 4. The molecule has 2 aromatic carbocycles. The zero-order valence-corrected chi connectivity index (χ0v) is 11.7. The Morgan fingerprint density at radius 3 is 2.10 bits per heavy atom. The molecular formula is C16H12ClF3O. The lowest BCUT2D eigenvalue weighted by molar-refractivity contribution is -0.137. The molecule has 0 aliphatic heterocycles.